The van der Waals surface area contributed by atoms with Crippen LogP contribution in [0.5, 0.6) is 11.5 Å². The maximum atomic E-state index is 12.6. The van der Waals surface area contributed by atoms with Gasteiger partial charge in [0, 0.05) is 24.6 Å². The van der Waals surface area contributed by atoms with E-state index in [9.17, 15) is 13.2 Å². The van der Waals surface area contributed by atoms with E-state index in [1.54, 1.807) is 41.3 Å². The average molecular weight is 477 g/mol. The number of benzene rings is 3. The van der Waals surface area contributed by atoms with Crippen molar-refractivity contribution >= 4 is 44.8 Å². The second-order valence-electron chi connectivity index (χ2n) is 7.17. The highest BCUT2D eigenvalue weighted by Gasteiger charge is 2.32. The fourth-order valence-corrected chi connectivity index (χ4v) is 4.34. The molecule has 1 aliphatic rings. The van der Waals surface area contributed by atoms with Crippen molar-refractivity contribution in [2.24, 2.45) is 5.14 Å². The summed E-state index contributed by atoms with van der Waals surface area (Å²) in [6.45, 7) is 0.445. The van der Waals surface area contributed by atoms with Crippen molar-refractivity contribution in [1.29, 1.82) is 0 Å². The Kier molecular flexibility index (Phi) is 5.94. The summed E-state index contributed by atoms with van der Waals surface area (Å²) in [6, 6.07) is 18.4. The van der Waals surface area contributed by atoms with E-state index >= 15 is 0 Å². The van der Waals surface area contributed by atoms with Gasteiger partial charge in [0.2, 0.25) is 15.9 Å². The van der Waals surface area contributed by atoms with Crippen molar-refractivity contribution < 1.29 is 17.9 Å². The summed E-state index contributed by atoms with van der Waals surface area (Å²) < 4.78 is 28.8. The van der Waals surface area contributed by atoms with E-state index < -0.39 is 10.0 Å². The summed E-state index contributed by atoms with van der Waals surface area (Å²) in [6.07, 6.45) is 0.310. The van der Waals surface area contributed by atoms with E-state index in [2.05, 4.69) is 0 Å². The second-order valence-corrected chi connectivity index (χ2v) is 9.54. The van der Waals surface area contributed by atoms with E-state index in [-0.39, 0.29) is 16.7 Å². The minimum atomic E-state index is -3.79. The molecule has 3 aromatic carbocycles. The molecule has 0 saturated carbocycles. The van der Waals surface area contributed by atoms with Gasteiger partial charge in [-0.1, -0.05) is 41.4 Å². The molecule has 0 aromatic heterocycles. The zero-order valence-corrected chi connectivity index (χ0v) is 18.5. The number of primary sulfonamides is 1. The van der Waals surface area contributed by atoms with Crippen LogP contribution in [0.3, 0.4) is 0 Å². The zero-order chi connectivity index (χ0) is 22.2. The van der Waals surface area contributed by atoms with Gasteiger partial charge in [-0.25, -0.2) is 13.6 Å². The van der Waals surface area contributed by atoms with Crippen LogP contribution < -0.4 is 14.8 Å². The van der Waals surface area contributed by atoms with Crippen molar-refractivity contribution in [3.8, 4) is 11.5 Å². The SMILES string of the molecule is NS(=O)(=O)c1ccc(N2C[C@@H](c3ccc(Cl)c(Oc4ccccc4Cl)c3)CC2=O)cc1. The molecule has 1 amide bonds. The maximum Gasteiger partial charge on any atom is 0.238 e. The third kappa shape index (κ3) is 4.70. The highest BCUT2D eigenvalue weighted by molar-refractivity contribution is 7.89. The lowest BCUT2D eigenvalue weighted by Crippen LogP contribution is -2.24. The van der Waals surface area contributed by atoms with Crippen molar-refractivity contribution in [2.75, 3.05) is 11.4 Å². The molecule has 2 N–H and O–H groups in total. The number of nitrogens with two attached hydrogens (primary N) is 1. The summed E-state index contributed by atoms with van der Waals surface area (Å²) in [7, 11) is -3.79. The molecule has 0 spiro atoms. The maximum absolute atomic E-state index is 12.6. The fraction of sp³-hybridized carbons (Fsp3) is 0.136. The molecule has 9 heteroatoms. The summed E-state index contributed by atoms with van der Waals surface area (Å²) in [4.78, 5) is 14.3. The highest BCUT2D eigenvalue weighted by Crippen LogP contribution is 2.38. The first kappa shape index (κ1) is 21.6. The quantitative estimate of drug-likeness (QED) is 0.563. The lowest BCUT2D eigenvalue weighted by atomic mass is 9.98. The number of hydrogen-bond acceptors (Lipinski definition) is 4. The van der Waals surface area contributed by atoms with Gasteiger partial charge in [0.1, 0.15) is 11.5 Å². The molecule has 0 radical (unpaired) electrons. The van der Waals surface area contributed by atoms with Gasteiger partial charge in [0.05, 0.1) is 14.9 Å². The van der Waals surface area contributed by atoms with E-state index in [1.165, 1.54) is 12.1 Å². The molecule has 31 heavy (non-hydrogen) atoms. The number of para-hydroxylation sites is 1. The Balaban J connectivity index is 1.56. The van der Waals surface area contributed by atoms with Crippen LogP contribution in [0.1, 0.15) is 17.9 Å². The first-order chi connectivity index (χ1) is 14.7. The molecular formula is C22H18Cl2N2O4S. The van der Waals surface area contributed by atoms with Gasteiger partial charge < -0.3 is 9.64 Å². The number of carbonyl (C=O) groups excluding carboxylic acids is 1. The lowest BCUT2D eigenvalue weighted by Gasteiger charge is -2.18. The molecule has 1 fully saturated rings. The van der Waals surface area contributed by atoms with Gasteiger partial charge in [0.25, 0.3) is 0 Å². The minimum Gasteiger partial charge on any atom is -0.454 e. The molecule has 1 heterocycles. The standard InChI is InChI=1S/C22H18Cl2N2O4S/c23-18-3-1-2-4-20(18)30-21-11-14(5-10-19(21)24)15-12-22(27)26(13-15)16-6-8-17(9-7-16)31(25,28)29/h1-11,15H,12-13H2,(H2,25,28,29)/t15-/m0/s1. The van der Waals surface area contributed by atoms with Gasteiger partial charge in [0.15, 0.2) is 0 Å². The molecule has 0 aliphatic carbocycles. The fourth-order valence-electron chi connectivity index (χ4n) is 3.49. The number of amides is 1. The molecule has 0 unspecified atom stereocenters. The van der Waals surface area contributed by atoms with Crippen molar-refractivity contribution in [3.63, 3.8) is 0 Å². The summed E-state index contributed by atoms with van der Waals surface area (Å²) in [5, 5.41) is 6.04. The molecule has 3 aromatic rings. The van der Waals surface area contributed by atoms with Gasteiger partial charge in [-0.2, -0.15) is 0 Å². The Bertz CT molecular complexity index is 1250. The van der Waals surface area contributed by atoms with Crippen molar-refractivity contribution in [2.45, 2.75) is 17.2 Å². The van der Waals surface area contributed by atoms with Crippen LogP contribution in [0.2, 0.25) is 10.0 Å². The molecule has 1 saturated heterocycles. The molecule has 4 rings (SSSR count). The first-order valence-corrected chi connectivity index (χ1v) is 11.7. The number of halogens is 2. The van der Waals surface area contributed by atoms with Crippen LogP contribution in [0.25, 0.3) is 0 Å². The monoisotopic (exact) mass is 476 g/mol. The summed E-state index contributed by atoms with van der Waals surface area (Å²) in [5.74, 6) is 0.811. The van der Waals surface area contributed by atoms with Gasteiger partial charge in [-0.3, -0.25) is 4.79 Å². The predicted molar refractivity (Wildman–Crippen MR) is 121 cm³/mol. The number of ether oxygens (including phenoxy) is 1. The largest absolute Gasteiger partial charge is 0.454 e. The number of sulfonamides is 1. The Labute approximate surface area is 190 Å². The highest BCUT2D eigenvalue weighted by atomic mass is 35.5. The Hall–Kier alpha value is -2.58. The van der Waals surface area contributed by atoms with Gasteiger partial charge in [-0.15, -0.1) is 0 Å². The van der Waals surface area contributed by atoms with E-state index in [0.29, 0.717) is 40.2 Å². The minimum absolute atomic E-state index is 0.00138. The number of rotatable bonds is 5. The predicted octanol–water partition coefficient (Wildman–Crippen LogP) is 4.95. The number of hydrogen-bond donors (Lipinski definition) is 1. The van der Waals surface area contributed by atoms with E-state index in [4.69, 9.17) is 33.1 Å². The zero-order valence-electron chi connectivity index (χ0n) is 16.2. The summed E-state index contributed by atoms with van der Waals surface area (Å²) >= 11 is 12.5. The van der Waals surface area contributed by atoms with Crippen molar-refractivity contribution in [1.82, 2.24) is 0 Å². The molecule has 1 atom stereocenters. The van der Waals surface area contributed by atoms with Crippen LogP contribution in [-0.2, 0) is 14.8 Å². The first-order valence-electron chi connectivity index (χ1n) is 9.37. The Morgan fingerprint density at radius 1 is 0.935 bits per heavy atom. The van der Waals surface area contributed by atoms with Crippen LogP contribution in [-0.4, -0.2) is 20.9 Å². The van der Waals surface area contributed by atoms with E-state index in [0.717, 1.165) is 5.56 Å². The Morgan fingerprint density at radius 2 is 1.61 bits per heavy atom. The number of anilines is 1. The number of carbonyl (C=O) groups is 1. The van der Waals surface area contributed by atoms with Crippen molar-refractivity contribution in [3.05, 3.63) is 82.3 Å². The molecule has 0 bridgehead atoms. The summed E-state index contributed by atoms with van der Waals surface area (Å²) in [5.41, 5.74) is 1.52. The normalized spacial score (nSPS) is 16.5. The van der Waals surface area contributed by atoms with E-state index in [1.807, 2.05) is 18.2 Å². The smallest absolute Gasteiger partial charge is 0.238 e. The third-order valence-electron chi connectivity index (χ3n) is 5.09. The van der Waals surface area contributed by atoms with Crippen LogP contribution in [0.4, 0.5) is 5.69 Å². The van der Waals surface area contributed by atoms with Crippen LogP contribution >= 0.6 is 23.2 Å². The molecule has 1 aliphatic heterocycles. The molecule has 160 valence electrons. The molecule has 6 nitrogen and oxygen atoms in total. The third-order valence-corrected chi connectivity index (χ3v) is 6.64. The Morgan fingerprint density at radius 3 is 2.29 bits per heavy atom. The van der Waals surface area contributed by atoms with Gasteiger partial charge in [-0.05, 0) is 54.1 Å². The lowest BCUT2D eigenvalue weighted by molar-refractivity contribution is -0.117. The van der Waals surface area contributed by atoms with Crippen LogP contribution in [0.15, 0.2) is 71.6 Å². The second kappa shape index (κ2) is 8.51. The average Bonchev–Trinajstić information content (AvgIpc) is 3.12. The van der Waals surface area contributed by atoms with Gasteiger partial charge >= 0.3 is 0 Å². The number of nitrogens with zero attached hydrogens (tertiary/aromatic N) is 1. The topological polar surface area (TPSA) is 89.7 Å². The van der Waals surface area contributed by atoms with Crippen LogP contribution in [0, 0.1) is 0 Å². The molecular weight excluding hydrogens is 459 g/mol.